The normalized spacial score (nSPS) is 12.3. The van der Waals surface area contributed by atoms with Crippen molar-refractivity contribution < 1.29 is 23.5 Å². The predicted molar refractivity (Wildman–Crippen MR) is 147 cm³/mol. The fourth-order valence-corrected chi connectivity index (χ4v) is 4.03. The largest absolute Gasteiger partial charge is 0.497 e. The lowest BCUT2D eigenvalue weighted by molar-refractivity contribution is -0.141. The van der Waals surface area contributed by atoms with Gasteiger partial charge in [-0.25, -0.2) is 4.39 Å². The quantitative estimate of drug-likeness (QED) is 0.283. The Morgan fingerprint density at radius 1 is 0.947 bits per heavy atom. The van der Waals surface area contributed by atoms with E-state index in [4.69, 9.17) is 9.47 Å². The summed E-state index contributed by atoms with van der Waals surface area (Å²) in [7, 11) is 1.60. The molecule has 202 valence electrons. The second kappa shape index (κ2) is 14.8. The Labute approximate surface area is 224 Å². The Bertz CT molecular complexity index is 1150. The van der Waals surface area contributed by atoms with Gasteiger partial charge < -0.3 is 19.7 Å². The van der Waals surface area contributed by atoms with E-state index in [0.29, 0.717) is 30.8 Å². The molecular weight excluding hydrogens is 483 g/mol. The summed E-state index contributed by atoms with van der Waals surface area (Å²) in [6.07, 6.45) is 1.69. The number of carbonyl (C=O) groups excluding carboxylic acids is 2. The summed E-state index contributed by atoms with van der Waals surface area (Å²) in [5, 5.41) is 3.02. The zero-order chi connectivity index (χ0) is 27.3. The van der Waals surface area contributed by atoms with E-state index in [0.717, 1.165) is 17.7 Å². The Hall–Kier alpha value is -3.87. The minimum absolute atomic E-state index is 0.00370. The van der Waals surface area contributed by atoms with Gasteiger partial charge in [-0.1, -0.05) is 55.5 Å². The van der Waals surface area contributed by atoms with E-state index >= 15 is 0 Å². The minimum Gasteiger partial charge on any atom is -0.497 e. The summed E-state index contributed by atoms with van der Waals surface area (Å²) in [5.41, 5.74) is 1.29. The number of rotatable bonds is 14. The van der Waals surface area contributed by atoms with Crippen molar-refractivity contribution in [2.75, 3.05) is 13.7 Å². The van der Waals surface area contributed by atoms with Crippen LogP contribution in [0.1, 0.15) is 44.2 Å². The highest BCUT2D eigenvalue weighted by Gasteiger charge is 2.31. The molecule has 0 saturated carbocycles. The molecule has 7 heteroatoms. The third-order valence-electron chi connectivity index (χ3n) is 6.43. The summed E-state index contributed by atoms with van der Waals surface area (Å²) in [6, 6.07) is 22.3. The summed E-state index contributed by atoms with van der Waals surface area (Å²) >= 11 is 0. The molecule has 38 heavy (non-hydrogen) atoms. The number of benzene rings is 3. The fourth-order valence-electron chi connectivity index (χ4n) is 4.03. The van der Waals surface area contributed by atoms with Gasteiger partial charge in [0.1, 0.15) is 23.4 Å². The van der Waals surface area contributed by atoms with Crippen molar-refractivity contribution >= 4 is 11.8 Å². The molecule has 0 bridgehead atoms. The van der Waals surface area contributed by atoms with Gasteiger partial charge in [-0.15, -0.1) is 0 Å². The highest BCUT2D eigenvalue weighted by Crippen LogP contribution is 2.20. The van der Waals surface area contributed by atoms with Crippen LogP contribution >= 0.6 is 0 Å². The van der Waals surface area contributed by atoms with Crippen LogP contribution < -0.4 is 14.8 Å². The van der Waals surface area contributed by atoms with Crippen molar-refractivity contribution in [3.05, 3.63) is 95.8 Å². The number of ether oxygens (including phenoxy) is 2. The van der Waals surface area contributed by atoms with Crippen molar-refractivity contribution in [2.45, 2.75) is 58.2 Å². The zero-order valence-electron chi connectivity index (χ0n) is 22.4. The van der Waals surface area contributed by atoms with Crippen molar-refractivity contribution in [1.82, 2.24) is 10.2 Å². The van der Waals surface area contributed by atoms with Crippen LogP contribution in [0.2, 0.25) is 0 Å². The molecule has 6 nitrogen and oxygen atoms in total. The van der Waals surface area contributed by atoms with Gasteiger partial charge in [-0.05, 0) is 55.7 Å². The highest BCUT2D eigenvalue weighted by atomic mass is 19.1. The lowest BCUT2D eigenvalue weighted by Crippen LogP contribution is -2.52. The van der Waals surface area contributed by atoms with Gasteiger partial charge in [-0.2, -0.15) is 0 Å². The monoisotopic (exact) mass is 520 g/mol. The molecule has 2 amide bonds. The molecule has 3 rings (SSSR count). The van der Waals surface area contributed by atoms with Crippen LogP contribution in [0.4, 0.5) is 4.39 Å². The van der Waals surface area contributed by atoms with E-state index in [1.54, 1.807) is 49.6 Å². The number of carbonyl (C=O) groups is 2. The van der Waals surface area contributed by atoms with E-state index in [2.05, 4.69) is 5.32 Å². The Balaban J connectivity index is 1.78. The number of methoxy groups -OCH3 is 1. The molecule has 0 fully saturated rings. The first-order valence-electron chi connectivity index (χ1n) is 13.0. The number of nitrogens with zero attached hydrogens (tertiary/aromatic N) is 1. The van der Waals surface area contributed by atoms with E-state index < -0.39 is 11.9 Å². The fraction of sp³-hybridized carbons (Fsp3) is 0.355. The molecule has 1 N–H and O–H groups in total. The Morgan fingerprint density at radius 3 is 2.26 bits per heavy atom. The highest BCUT2D eigenvalue weighted by molar-refractivity contribution is 5.88. The molecule has 0 aliphatic heterocycles. The van der Waals surface area contributed by atoms with Crippen LogP contribution in [0.5, 0.6) is 11.5 Å². The molecule has 3 aromatic carbocycles. The van der Waals surface area contributed by atoms with Gasteiger partial charge >= 0.3 is 0 Å². The molecular formula is C31H37FN2O4. The molecule has 0 saturated heterocycles. The maximum Gasteiger partial charge on any atom is 0.243 e. The molecule has 0 aromatic heterocycles. The van der Waals surface area contributed by atoms with E-state index in [9.17, 15) is 14.0 Å². The van der Waals surface area contributed by atoms with Crippen LogP contribution in [0.3, 0.4) is 0 Å². The summed E-state index contributed by atoms with van der Waals surface area (Å²) in [4.78, 5) is 28.6. The van der Waals surface area contributed by atoms with Crippen molar-refractivity contribution in [3.8, 4) is 11.5 Å². The maximum atomic E-state index is 14.7. The summed E-state index contributed by atoms with van der Waals surface area (Å²) < 4.78 is 25.6. The average Bonchev–Trinajstić information content (AvgIpc) is 2.94. The second-order valence-electron chi connectivity index (χ2n) is 9.26. The molecule has 0 aliphatic rings. The van der Waals surface area contributed by atoms with Gasteiger partial charge in [0.25, 0.3) is 0 Å². The third kappa shape index (κ3) is 8.61. The average molecular weight is 521 g/mol. The lowest BCUT2D eigenvalue weighted by Gasteiger charge is -2.32. The van der Waals surface area contributed by atoms with E-state index in [-0.39, 0.29) is 30.8 Å². The topological polar surface area (TPSA) is 67.9 Å². The van der Waals surface area contributed by atoms with Gasteiger partial charge in [0, 0.05) is 31.0 Å². The van der Waals surface area contributed by atoms with Gasteiger partial charge in [0.15, 0.2) is 0 Å². The predicted octanol–water partition coefficient (Wildman–Crippen LogP) is 5.55. The second-order valence-corrected chi connectivity index (χ2v) is 9.26. The van der Waals surface area contributed by atoms with Crippen LogP contribution in [-0.2, 0) is 22.6 Å². The van der Waals surface area contributed by atoms with Crippen molar-refractivity contribution in [1.29, 1.82) is 0 Å². The molecule has 0 radical (unpaired) electrons. The Morgan fingerprint density at radius 2 is 1.61 bits per heavy atom. The molecule has 3 aromatic rings. The molecule has 0 heterocycles. The number of hydrogen-bond acceptors (Lipinski definition) is 4. The van der Waals surface area contributed by atoms with Gasteiger partial charge in [0.2, 0.25) is 11.8 Å². The van der Waals surface area contributed by atoms with E-state index in [1.165, 1.54) is 11.0 Å². The van der Waals surface area contributed by atoms with Crippen molar-refractivity contribution in [2.24, 2.45) is 0 Å². The van der Waals surface area contributed by atoms with Crippen LogP contribution in [0.15, 0.2) is 78.9 Å². The SMILES string of the molecule is CC[C@H](C)NC(=O)[C@H](Cc1ccccc1)N(Cc1ccccc1F)C(=O)CCCOc1ccc(OC)cc1. The van der Waals surface area contributed by atoms with Crippen LogP contribution in [0.25, 0.3) is 0 Å². The zero-order valence-corrected chi connectivity index (χ0v) is 22.4. The number of hydrogen-bond donors (Lipinski definition) is 1. The minimum atomic E-state index is -0.791. The number of halogens is 1. The van der Waals surface area contributed by atoms with Gasteiger partial charge in [0.05, 0.1) is 13.7 Å². The lowest BCUT2D eigenvalue weighted by atomic mass is 10.0. The summed E-state index contributed by atoms with van der Waals surface area (Å²) in [5.74, 6) is 0.524. The number of amides is 2. The molecule has 0 unspecified atom stereocenters. The number of nitrogens with one attached hydrogen (secondary N) is 1. The van der Waals surface area contributed by atoms with Crippen LogP contribution in [0, 0.1) is 5.82 Å². The first-order valence-corrected chi connectivity index (χ1v) is 13.0. The van der Waals surface area contributed by atoms with Gasteiger partial charge in [-0.3, -0.25) is 9.59 Å². The third-order valence-corrected chi connectivity index (χ3v) is 6.43. The maximum absolute atomic E-state index is 14.7. The van der Waals surface area contributed by atoms with Crippen LogP contribution in [-0.4, -0.2) is 42.5 Å². The van der Waals surface area contributed by atoms with E-state index in [1.807, 2.05) is 44.2 Å². The molecule has 0 spiro atoms. The Kier molecular flexibility index (Phi) is 11.1. The van der Waals surface area contributed by atoms with Crippen molar-refractivity contribution in [3.63, 3.8) is 0 Å². The first-order chi connectivity index (χ1) is 18.4. The molecule has 0 aliphatic carbocycles. The first kappa shape index (κ1) is 28.7. The standard InChI is InChI=1S/C31H37FN2O4/c1-4-23(2)33-31(36)29(21-24-11-6-5-7-12-24)34(22-25-13-8-9-14-28(25)32)30(35)15-10-20-38-27-18-16-26(37-3)17-19-27/h5-9,11-14,16-19,23,29H,4,10,15,20-22H2,1-3H3,(H,33,36)/t23-,29-/m0/s1. The molecule has 2 atom stereocenters. The smallest absolute Gasteiger partial charge is 0.243 e. The summed E-state index contributed by atoms with van der Waals surface area (Å²) in [6.45, 7) is 4.24.